The molecule has 0 aliphatic carbocycles. The lowest BCUT2D eigenvalue weighted by atomic mass is 10.1. The number of methoxy groups -OCH3 is 1. The Labute approximate surface area is 176 Å². The first-order chi connectivity index (χ1) is 14.4. The smallest absolute Gasteiger partial charge is 0.240 e. The number of ether oxygens (including phenoxy) is 1. The zero-order valence-corrected chi connectivity index (χ0v) is 17.8. The molecule has 2 aromatic heterocycles. The molecule has 0 unspecified atom stereocenters. The van der Waals surface area contributed by atoms with Gasteiger partial charge < -0.3 is 15.4 Å². The van der Waals surface area contributed by atoms with E-state index in [-0.39, 0.29) is 11.4 Å². The minimum Gasteiger partial charge on any atom is -0.496 e. The molecule has 9 nitrogen and oxygen atoms in total. The van der Waals surface area contributed by atoms with Crippen molar-refractivity contribution < 1.29 is 13.2 Å². The third-order valence-electron chi connectivity index (χ3n) is 4.52. The second-order valence-electron chi connectivity index (χ2n) is 6.51. The second kappa shape index (κ2) is 9.51. The Kier molecular flexibility index (Phi) is 6.80. The van der Waals surface area contributed by atoms with Gasteiger partial charge in [0.2, 0.25) is 10.0 Å². The molecule has 0 radical (unpaired) electrons. The standard InChI is InChI=1S/C20H24N6O3S/c1-14-15(2)18(7-6-17(14)29-3)30(27,28)23-12-11-22-19-8-9-20(26-25-19)24-16-5-4-10-21-13-16/h4-10,13,23H,11-12H2,1-3H3,(H,22,25)(H,24,26). The summed E-state index contributed by atoms with van der Waals surface area (Å²) in [5, 5.41) is 14.3. The van der Waals surface area contributed by atoms with Gasteiger partial charge in [-0.15, -0.1) is 10.2 Å². The number of sulfonamides is 1. The van der Waals surface area contributed by atoms with E-state index in [0.29, 0.717) is 29.5 Å². The van der Waals surface area contributed by atoms with E-state index < -0.39 is 10.0 Å². The van der Waals surface area contributed by atoms with Crippen molar-refractivity contribution in [1.29, 1.82) is 0 Å². The molecule has 0 aliphatic rings. The second-order valence-corrected chi connectivity index (χ2v) is 8.25. The molecule has 10 heteroatoms. The molecule has 0 atom stereocenters. The molecule has 0 aliphatic heterocycles. The minimum absolute atomic E-state index is 0.199. The van der Waals surface area contributed by atoms with E-state index >= 15 is 0 Å². The summed E-state index contributed by atoms with van der Waals surface area (Å²) in [7, 11) is -2.07. The highest BCUT2D eigenvalue weighted by atomic mass is 32.2. The molecule has 0 saturated heterocycles. The first-order valence-electron chi connectivity index (χ1n) is 9.29. The number of nitrogens with one attached hydrogen (secondary N) is 3. The van der Waals surface area contributed by atoms with E-state index in [1.54, 1.807) is 50.7 Å². The summed E-state index contributed by atoms with van der Waals surface area (Å²) in [6.45, 7) is 4.16. The summed E-state index contributed by atoms with van der Waals surface area (Å²) >= 11 is 0. The summed E-state index contributed by atoms with van der Waals surface area (Å²) < 4.78 is 33.1. The zero-order chi connectivity index (χ0) is 21.6. The summed E-state index contributed by atoms with van der Waals surface area (Å²) in [5.74, 6) is 1.79. The molecule has 0 amide bonds. The van der Waals surface area contributed by atoms with Crippen molar-refractivity contribution in [3.63, 3.8) is 0 Å². The number of hydrogen-bond acceptors (Lipinski definition) is 8. The van der Waals surface area contributed by atoms with Gasteiger partial charge >= 0.3 is 0 Å². The van der Waals surface area contributed by atoms with E-state index in [9.17, 15) is 8.42 Å². The Bertz CT molecular complexity index is 1090. The van der Waals surface area contributed by atoms with Crippen LogP contribution in [-0.2, 0) is 10.0 Å². The van der Waals surface area contributed by atoms with Crippen molar-refractivity contribution in [3.05, 3.63) is 59.9 Å². The average molecular weight is 429 g/mol. The van der Waals surface area contributed by atoms with Crippen LogP contribution in [-0.4, -0.2) is 43.8 Å². The lowest BCUT2D eigenvalue weighted by molar-refractivity contribution is 0.410. The van der Waals surface area contributed by atoms with Gasteiger partial charge in [-0.3, -0.25) is 4.98 Å². The van der Waals surface area contributed by atoms with Crippen LogP contribution in [0.15, 0.2) is 53.7 Å². The number of hydrogen-bond donors (Lipinski definition) is 3. The first kappa shape index (κ1) is 21.5. The highest BCUT2D eigenvalue weighted by Gasteiger charge is 2.18. The van der Waals surface area contributed by atoms with Gasteiger partial charge in [-0.2, -0.15) is 0 Å². The van der Waals surface area contributed by atoms with Crippen molar-refractivity contribution in [3.8, 4) is 5.75 Å². The number of benzene rings is 1. The molecule has 158 valence electrons. The molecule has 0 fully saturated rings. The Morgan fingerprint density at radius 2 is 1.73 bits per heavy atom. The van der Waals surface area contributed by atoms with Gasteiger partial charge in [-0.05, 0) is 61.4 Å². The van der Waals surface area contributed by atoms with Gasteiger partial charge in [0.15, 0.2) is 5.82 Å². The topological polar surface area (TPSA) is 118 Å². The van der Waals surface area contributed by atoms with E-state index in [1.807, 2.05) is 19.1 Å². The van der Waals surface area contributed by atoms with Crippen LogP contribution in [0.2, 0.25) is 0 Å². The van der Waals surface area contributed by atoms with Crippen LogP contribution in [0.3, 0.4) is 0 Å². The number of rotatable bonds is 9. The molecular weight excluding hydrogens is 404 g/mol. The Morgan fingerprint density at radius 3 is 2.40 bits per heavy atom. The van der Waals surface area contributed by atoms with Crippen molar-refractivity contribution >= 4 is 27.3 Å². The van der Waals surface area contributed by atoms with Gasteiger partial charge in [0.05, 0.1) is 23.9 Å². The minimum atomic E-state index is -3.63. The number of anilines is 3. The van der Waals surface area contributed by atoms with Crippen LogP contribution in [0.25, 0.3) is 0 Å². The quantitative estimate of drug-likeness (QED) is 0.445. The molecule has 0 bridgehead atoms. The van der Waals surface area contributed by atoms with Crippen LogP contribution >= 0.6 is 0 Å². The summed E-state index contributed by atoms with van der Waals surface area (Å²) in [6, 6.07) is 10.4. The predicted octanol–water partition coefficient (Wildman–Crippen LogP) is 2.63. The van der Waals surface area contributed by atoms with Crippen molar-refractivity contribution in [2.75, 3.05) is 30.8 Å². The fraction of sp³-hybridized carbons (Fsp3) is 0.250. The highest BCUT2D eigenvalue weighted by Crippen LogP contribution is 2.26. The molecule has 3 aromatic rings. The molecule has 30 heavy (non-hydrogen) atoms. The molecule has 2 heterocycles. The molecule has 1 aromatic carbocycles. The molecule has 0 saturated carbocycles. The lowest BCUT2D eigenvalue weighted by Crippen LogP contribution is -2.29. The van der Waals surface area contributed by atoms with Crippen LogP contribution < -0.4 is 20.1 Å². The van der Waals surface area contributed by atoms with Crippen LogP contribution in [0.1, 0.15) is 11.1 Å². The number of aromatic nitrogens is 3. The van der Waals surface area contributed by atoms with Crippen LogP contribution in [0.4, 0.5) is 17.3 Å². The van der Waals surface area contributed by atoms with E-state index in [4.69, 9.17) is 4.74 Å². The first-order valence-corrected chi connectivity index (χ1v) is 10.8. The molecule has 3 N–H and O–H groups in total. The van der Waals surface area contributed by atoms with Gasteiger partial charge in [0.1, 0.15) is 11.6 Å². The normalized spacial score (nSPS) is 11.2. The fourth-order valence-corrected chi connectivity index (χ4v) is 4.14. The van der Waals surface area contributed by atoms with Crippen molar-refractivity contribution in [2.45, 2.75) is 18.7 Å². The molecule has 0 spiro atoms. The molecular formula is C20H24N6O3S. The summed E-state index contributed by atoms with van der Waals surface area (Å²) in [5.41, 5.74) is 2.28. The van der Waals surface area contributed by atoms with Crippen LogP contribution in [0, 0.1) is 13.8 Å². The van der Waals surface area contributed by atoms with Crippen molar-refractivity contribution in [2.24, 2.45) is 0 Å². The zero-order valence-electron chi connectivity index (χ0n) is 17.0. The number of nitrogens with zero attached hydrogens (tertiary/aromatic N) is 3. The van der Waals surface area contributed by atoms with E-state index in [1.165, 1.54) is 0 Å². The average Bonchev–Trinajstić information content (AvgIpc) is 2.75. The van der Waals surface area contributed by atoms with E-state index in [0.717, 1.165) is 11.3 Å². The van der Waals surface area contributed by atoms with Gasteiger partial charge in [0.25, 0.3) is 0 Å². The highest BCUT2D eigenvalue weighted by molar-refractivity contribution is 7.89. The largest absolute Gasteiger partial charge is 0.496 e. The van der Waals surface area contributed by atoms with E-state index in [2.05, 4.69) is 30.5 Å². The maximum Gasteiger partial charge on any atom is 0.240 e. The fourth-order valence-electron chi connectivity index (χ4n) is 2.81. The van der Waals surface area contributed by atoms with Gasteiger partial charge in [-0.1, -0.05) is 0 Å². The summed E-state index contributed by atoms with van der Waals surface area (Å²) in [6.07, 6.45) is 3.38. The van der Waals surface area contributed by atoms with Gasteiger partial charge in [0, 0.05) is 19.3 Å². The Morgan fingerprint density at radius 1 is 0.967 bits per heavy atom. The maximum atomic E-state index is 12.6. The maximum absolute atomic E-state index is 12.6. The Hall–Kier alpha value is -3.24. The lowest BCUT2D eigenvalue weighted by Gasteiger charge is -2.14. The Balaban J connectivity index is 1.52. The monoisotopic (exact) mass is 428 g/mol. The number of pyridine rings is 1. The summed E-state index contributed by atoms with van der Waals surface area (Å²) in [4.78, 5) is 4.27. The van der Waals surface area contributed by atoms with Crippen LogP contribution in [0.5, 0.6) is 5.75 Å². The SMILES string of the molecule is COc1ccc(S(=O)(=O)NCCNc2ccc(Nc3cccnc3)nn2)c(C)c1C. The third kappa shape index (κ3) is 5.22. The van der Waals surface area contributed by atoms with Crippen molar-refractivity contribution in [1.82, 2.24) is 19.9 Å². The van der Waals surface area contributed by atoms with Gasteiger partial charge in [-0.25, -0.2) is 13.1 Å². The third-order valence-corrected chi connectivity index (χ3v) is 6.12. The predicted molar refractivity (Wildman–Crippen MR) is 116 cm³/mol. The molecule has 3 rings (SSSR count).